The second-order valence-corrected chi connectivity index (χ2v) is 2.38. The minimum absolute atomic E-state index is 0.966. The predicted molar refractivity (Wildman–Crippen MR) is 41.0 cm³/mol. The van der Waals surface area contributed by atoms with Crippen LogP contribution in [0.25, 0.3) is 0 Å². The van der Waals surface area contributed by atoms with Gasteiger partial charge < -0.3 is 5.32 Å². The van der Waals surface area contributed by atoms with Crippen molar-refractivity contribution in [2.45, 2.75) is 12.8 Å². The average Bonchev–Trinajstić information content (AvgIpc) is 2.05. The van der Waals surface area contributed by atoms with Gasteiger partial charge >= 0.3 is 0 Å². The third-order valence-electron chi connectivity index (χ3n) is 1.66. The van der Waals surface area contributed by atoms with Crippen molar-refractivity contribution in [1.82, 2.24) is 10.3 Å². The maximum absolute atomic E-state index is 4.19. The first-order valence-corrected chi connectivity index (χ1v) is 3.50. The lowest BCUT2D eigenvalue weighted by Crippen LogP contribution is -2.24. The van der Waals surface area contributed by atoms with E-state index in [4.69, 9.17) is 0 Å². The third kappa shape index (κ3) is 0.835. The highest BCUT2D eigenvalue weighted by atomic mass is 15.1. The largest absolute Gasteiger partial charge is 0.365 e. The monoisotopic (exact) mass is 135 g/mol. The number of hydrogen-bond donors (Lipinski definition) is 1. The van der Waals surface area contributed by atoms with Crippen LogP contribution in [0.15, 0.2) is 16.5 Å². The Hall–Kier alpha value is -1.12. The van der Waals surface area contributed by atoms with E-state index >= 15 is 0 Å². The second kappa shape index (κ2) is 2.25. The molecule has 3 heteroatoms. The molecule has 0 aromatic heterocycles. The van der Waals surface area contributed by atoms with Gasteiger partial charge in [0.2, 0.25) is 5.82 Å². The van der Waals surface area contributed by atoms with Gasteiger partial charge in [0.1, 0.15) is 6.21 Å². The molecule has 0 bridgehead atoms. The highest BCUT2D eigenvalue weighted by Crippen LogP contribution is 2.12. The zero-order valence-corrected chi connectivity index (χ0v) is 5.67. The highest BCUT2D eigenvalue weighted by Gasteiger charge is 2.20. The molecule has 0 amide bonds. The summed E-state index contributed by atoms with van der Waals surface area (Å²) >= 11 is 0. The zero-order chi connectivity index (χ0) is 6.81. The van der Waals surface area contributed by atoms with Crippen LogP contribution in [0.4, 0.5) is 0 Å². The molecule has 3 nitrogen and oxygen atoms in total. The van der Waals surface area contributed by atoms with Crippen molar-refractivity contribution in [2.75, 3.05) is 6.54 Å². The molecule has 0 aliphatic carbocycles. The van der Waals surface area contributed by atoms with E-state index in [1.165, 1.54) is 6.42 Å². The van der Waals surface area contributed by atoms with Gasteiger partial charge in [0, 0.05) is 13.0 Å². The second-order valence-electron chi connectivity index (χ2n) is 2.38. The van der Waals surface area contributed by atoms with E-state index < -0.39 is 0 Å². The molecule has 0 fully saturated rings. The molecule has 51 valence electrons. The van der Waals surface area contributed by atoms with Gasteiger partial charge in [-0.05, 0) is 6.42 Å². The van der Waals surface area contributed by atoms with Crippen molar-refractivity contribution in [1.29, 1.82) is 0 Å². The van der Waals surface area contributed by atoms with Crippen LogP contribution in [-0.2, 0) is 0 Å². The molecule has 0 saturated carbocycles. The summed E-state index contributed by atoms with van der Waals surface area (Å²) in [5.41, 5.74) is 1.11. The molecule has 2 rings (SSSR count). The quantitative estimate of drug-likeness (QED) is 0.500. The van der Waals surface area contributed by atoms with Crippen molar-refractivity contribution in [2.24, 2.45) is 4.99 Å². The molecule has 2 aliphatic rings. The van der Waals surface area contributed by atoms with Gasteiger partial charge in [-0.25, -0.2) is 4.99 Å². The molecule has 0 unspecified atom stereocenters. The Morgan fingerprint density at radius 1 is 1.60 bits per heavy atom. The molecule has 1 radical (unpaired) electrons. The van der Waals surface area contributed by atoms with Crippen LogP contribution in [0.5, 0.6) is 0 Å². The van der Waals surface area contributed by atoms with Crippen molar-refractivity contribution in [3.63, 3.8) is 0 Å². The number of aliphatic imine (C=N–C) groups is 2. The van der Waals surface area contributed by atoms with Gasteiger partial charge in [0.15, 0.2) is 0 Å². The summed E-state index contributed by atoms with van der Waals surface area (Å²) in [6.07, 6.45) is 5.70. The lowest BCUT2D eigenvalue weighted by atomic mass is 10.2. The topological polar surface area (TPSA) is 38.5 Å². The fraction of sp³-hybridized carbons (Fsp3) is 0.429. The Kier molecular flexibility index (Phi) is 1.27. The zero-order valence-electron chi connectivity index (χ0n) is 5.67. The molecule has 2 aliphatic heterocycles. The van der Waals surface area contributed by atoms with Gasteiger partial charge in [0.25, 0.3) is 11.9 Å². The molecule has 0 aromatic carbocycles. The van der Waals surface area contributed by atoms with Crippen LogP contribution in [0.2, 0.25) is 0 Å². The normalized spacial score (nSPS) is 22.4. The standard InChI is InChI=1S/C7H9N3/c1-2-6-7(9-3-1)10-5-4-8-6/h4-5H,1-3H2,(H,9,10)/q+1. The SMILES string of the molecule is C1=NC2=C(CCCN2)[N+]=C1. The fourth-order valence-corrected chi connectivity index (χ4v) is 1.16. The number of allylic oxidation sites excluding steroid dienone is 1. The molecular formula is C7H9N3+. The van der Waals surface area contributed by atoms with Crippen LogP contribution < -0.4 is 10.3 Å². The lowest BCUT2D eigenvalue weighted by molar-refractivity contribution is 0.640. The summed E-state index contributed by atoms with van der Waals surface area (Å²) in [7, 11) is 0. The van der Waals surface area contributed by atoms with Gasteiger partial charge in [-0.3, -0.25) is 0 Å². The molecule has 2 heterocycles. The van der Waals surface area contributed by atoms with Crippen molar-refractivity contribution in [3.05, 3.63) is 11.5 Å². The number of hydrogen-bond acceptors (Lipinski definition) is 3. The Labute approximate surface area is 59.6 Å². The summed E-state index contributed by atoms with van der Waals surface area (Å²) in [6, 6.07) is 0. The Morgan fingerprint density at radius 2 is 2.60 bits per heavy atom. The Balaban J connectivity index is 2.33. The number of nitrogens with zero attached hydrogens (tertiary/aromatic N) is 2. The first-order chi connectivity index (χ1) is 4.97. The minimum Gasteiger partial charge on any atom is -0.365 e. The van der Waals surface area contributed by atoms with Crippen LogP contribution >= 0.6 is 0 Å². The van der Waals surface area contributed by atoms with E-state index in [1.54, 1.807) is 12.4 Å². The molecular weight excluding hydrogens is 126 g/mol. The van der Waals surface area contributed by atoms with E-state index in [1.807, 2.05) is 0 Å². The minimum atomic E-state index is 0.966. The van der Waals surface area contributed by atoms with Crippen molar-refractivity contribution in [3.8, 4) is 0 Å². The lowest BCUT2D eigenvalue weighted by Gasteiger charge is -2.10. The highest BCUT2D eigenvalue weighted by molar-refractivity contribution is 6.16. The first kappa shape index (κ1) is 5.65. The van der Waals surface area contributed by atoms with E-state index in [-0.39, 0.29) is 0 Å². The van der Waals surface area contributed by atoms with Crippen LogP contribution in [0.3, 0.4) is 0 Å². The van der Waals surface area contributed by atoms with Gasteiger partial charge in [-0.15, -0.1) is 0 Å². The van der Waals surface area contributed by atoms with Crippen molar-refractivity contribution >= 4 is 12.4 Å². The maximum atomic E-state index is 4.19. The first-order valence-electron chi connectivity index (χ1n) is 3.50. The smallest absolute Gasteiger partial charge is 0.295 e. The molecule has 10 heavy (non-hydrogen) atoms. The summed E-state index contributed by atoms with van der Waals surface area (Å²) in [5, 5.41) is 3.19. The molecule has 0 saturated heterocycles. The van der Waals surface area contributed by atoms with E-state index in [2.05, 4.69) is 15.3 Å². The van der Waals surface area contributed by atoms with Crippen LogP contribution in [-0.4, -0.2) is 19.0 Å². The summed E-state index contributed by atoms with van der Waals surface area (Å²) in [4.78, 5) is 8.34. The van der Waals surface area contributed by atoms with E-state index in [0.717, 1.165) is 24.5 Å². The van der Waals surface area contributed by atoms with E-state index in [0.29, 0.717) is 0 Å². The van der Waals surface area contributed by atoms with Crippen LogP contribution in [0.1, 0.15) is 12.8 Å². The van der Waals surface area contributed by atoms with E-state index in [9.17, 15) is 0 Å². The molecule has 0 spiro atoms. The van der Waals surface area contributed by atoms with Gasteiger partial charge in [-0.1, -0.05) is 0 Å². The van der Waals surface area contributed by atoms with Crippen molar-refractivity contribution < 1.29 is 0 Å². The molecule has 1 N–H and O–H groups in total. The summed E-state index contributed by atoms with van der Waals surface area (Å²) in [5.74, 6) is 0.966. The maximum Gasteiger partial charge on any atom is 0.295 e. The summed E-state index contributed by atoms with van der Waals surface area (Å²) in [6.45, 7) is 1.03. The Bertz CT molecular complexity index is 201. The average molecular weight is 135 g/mol. The molecule has 0 aromatic rings. The fourth-order valence-electron chi connectivity index (χ4n) is 1.16. The van der Waals surface area contributed by atoms with Gasteiger partial charge in [-0.2, -0.15) is 0 Å². The predicted octanol–water partition coefficient (Wildman–Crippen LogP) is 0.0299. The third-order valence-corrected chi connectivity index (χ3v) is 1.66. The molecule has 0 atom stereocenters. The number of rotatable bonds is 0. The van der Waals surface area contributed by atoms with Crippen LogP contribution in [0, 0.1) is 0 Å². The Morgan fingerprint density at radius 3 is 3.50 bits per heavy atom. The summed E-state index contributed by atoms with van der Waals surface area (Å²) < 4.78 is 0. The van der Waals surface area contributed by atoms with Gasteiger partial charge in [0.05, 0.1) is 4.99 Å². The number of nitrogens with one attached hydrogen (secondary N) is 1.